The Morgan fingerprint density at radius 1 is 1.17 bits per heavy atom. The molecular formula is C13H10FN3O. The van der Waals surface area contributed by atoms with Gasteiger partial charge in [-0.05, 0) is 29.8 Å². The SMILES string of the molecule is OCc1ccc(-n2nnc3ccccc32)c(F)c1. The van der Waals surface area contributed by atoms with Crippen molar-refractivity contribution in [2.24, 2.45) is 0 Å². The molecule has 2 aromatic carbocycles. The number of hydrogen-bond donors (Lipinski definition) is 1. The molecular weight excluding hydrogens is 233 g/mol. The number of hydrogen-bond acceptors (Lipinski definition) is 3. The fourth-order valence-electron chi connectivity index (χ4n) is 1.87. The van der Waals surface area contributed by atoms with E-state index in [4.69, 9.17) is 5.11 Å². The van der Waals surface area contributed by atoms with Crippen molar-refractivity contribution in [1.82, 2.24) is 15.0 Å². The van der Waals surface area contributed by atoms with Crippen molar-refractivity contribution in [1.29, 1.82) is 0 Å². The first kappa shape index (κ1) is 10.9. The highest BCUT2D eigenvalue weighted by atomic mass is 19.1. The second kappa shape index (κ2) is 4.19. The molecule has 3 rings (SSSR count). The van der Waals surface area contributed by atoms with Gasteiger partial charge in [0.1, 0.15) is 17.0 Å². The van der Waals surface area contributed by atoms with Crippen LogP contribution in [0, 0.1) is 5.82 Å². The number of nitrogens with zero attached hydrogens (tertiary/aromatic N) is 3. The summed E-state index contributed by atoms with van der Waals surface area (Å²) in [7, 11) is 0. The van der Waals surface area contributed by atoms with Crippen LogP contribution in [0.1, 0.15) is 5.56 Å². The van der Waals surface area contributed by atoms with Crippen LogP contribution < -0.4 is 0 Å². The summed E-state index contributed by atoms with van der Waals surface area (Å²) in [5.41, 5.74) is 2.30. The third kappa shape index (κ3) is 1.65. The van der Waals surface area contributed by atoms with Gasteiger partial charge < -0.3 is 5.11 Å². The fourth-order valence-corrected chi connectivity index (χ4v) is 1.87. The molecule has 0 aliphatic carbocycles. The molecule has 0 amide bonds. The largest absolute Gasteiger partial charge is 0.392 e. The normalized spacial score (nSPS) is 11.0. The Hall–Kier alpha value is -2.27. The molecule has 0 radical (unpaired) electrons. The van der Waals surface area contributed by atoms with Gasteiger partial charge >= 0.3 is 0 Å². The number of fused-ring (bicyclic) bond motifs is 1. The molecule has 3 aromatic rings. The highest BCUT2D eigenvalue weighted by molar-refractivity contribution is 5.75. The van der Waals surface area contributed by atoms with Crippen molar-refractivity contribution in [2.45, 2.75) is 6.61 Å². The van der Waals surface area contributed by atoms with Gasteiger partial charge in [-0.1, -0.05) is 23.4 Å². The molecule has 1 N–H and O–H groups in total. The van der Waals surface area contributed by atoms with E-state index in [2.05, 4.69) is 10.3 Å². The molecule has 0 spiro atoms. The average molecular weight is 243 g/mol. The quantitative estimate of drug-likeness (QED) is 0.749. The molecule has 1 heterocycles. The lowest BCUT2D eigenvalue weighted by Crippen LogP contribution is -2.01. The third-order valence-corrected chi connectivity index (χ3v) is 2.77. The molecule has 0 aliphatic rings. The van der Waals surface area contributed by atoms with E-state index in [9.17, 15) is 4.39 Å². The number of benzene rings is 2. The fraction of sp³-hybridized carbons (Fsp3) is 0.0769. The van der Waals surface area contributed by atoms with Crippen LogP contribution in [-0.4, -0.2) is 20.1 Å². The summed E-state index contributed by atoms with van der Waals surface area (Å²) >= 11 is 0. The molecule has 5 heteroatoms. The molecule has 0 fully saturated rings. The number of aliphatic hydroxyl groups is 1. The van der Waals surface area contributed by atoms with E-state index in [1.165, 1.54) is 10.7 Å². The predicted octanol–water partition coefficient (Wildman–Crippen LogP) is 2.05. The minimum absolute atomic E-state index is 0.185. The highest BCUT2D eigenvalue weighted by Gasteiger charge is 2.10. The molecule has 4 nitrogen and oxygen atoms in total. The molecule has 0 saturated heterocycles. The van der Waals surface area contributed by atoms with E-state index in [1.807, 2.05) is 24.3 Å². The summed E-state index contributed by atoms with van der Waals surface area (Å²) in [5.74, 6) is -0.433. The van der Waals surface area contributed by atoms with E-state index in [-0.39, 0.29) is 6.61 Å². The van der Waals surface area contributed by atoms with Crippen LogP contribution in [-0.2, 0) is 6.61 Å². The van der Waals surface area contributed by atoms with E-state index in [0.717, 1.165) is 5.52 Å². The first-order chi connectivity index (χ1) is 8.79. The maximum atomic E-state index is 13.9. The molecule has 0 unspecified atom stereocenters. The summed E-state index contributed by atoms with van der Waals surface area (Å²) in [4.78, 5) is 0. The molecule has 0 aliphatic heterocycles. The minimum atomic E-state index is -0.433. The Labute approximate surface area is 102 Å². The highest BCUT2D eigenvalue weighted by Crippen LogP contribution is 2.19. The zero-order valence-corrected chi connectivity index (χ0v) is 9.42. The average Bonchev–Trinajstić information content (AvgIpc) is 2.82. The zero-order chi connectivity index (χ0) is 12.5. The van der Waals surface area contributed by atoms with Crippen molar-refractivity contribution in [3.63, 3.8) is 0 Å². The first-order valence-corrected chi connectivity index (χ1v) is 5.49. The van der Waals surface area contributed by atoms with E-state index < -0.39 is 5.82 Å². The topological polar surface area (TPSA) is 50.9 Å². The van der Waals surface area contributed by atoms with Gasteiger partial charge in [-0.3, -0.25) is 0 Å². The molecule has 0 atom stereocenters. The van der Waals surface area contributed by atoms with Crippen LogP contribution in [0.4, 0.5) is 4.39 Å². The summed E-state index contributed by atoms with van der Waals surface area (Å²) in [6.07, 6.45) is 0. The number of aliphatic hydroxyl groups excluding tert-OH is 1. The monoisotopic (exact) mass is 243 g/mol. The van der Waals surface area contributed by atoms with Crippen LogP contribution in [0.2, 0.25) is 0 Å². The lowest BCUT2D eigenvalue weighted by Gasteiger charge is -2.05. The number of halogens is 1. The molecule has 0 bridgehead atoms. The van der Waals surface area contributed by atoms with Crippen LogP contribution in [0.3, 0.4) is 0 Å². The summed E-state index contributed by atoms with van der Waals surface area (Å²) in [6.45, 7) is -0.185. The summed E-state index contributed by atoms with van der Waals surface area (Å²) < 4.78 is 15.4. The summed E-state index contributed by atoms with van der Waals surface area (Å²) in [5, 5.41) is 16.9. The van der Waals surface area contributed by atoms with Gasteiger partial charge in [0.2, 0.25) is 0 Å². The van der Waals surface area contributed by atoms with Crippen molar-refractivity contribution in [3.8, 4) is 5.69 Å². The van der Waals surface area contributed by atoms with Crippen molar-refractivity contribution >= 4 is 11.0 Å². The zero-order valence-electron chi connectivity index (χ0n) is 9.42. The van der Waals surface area contributed by atoms with Crippen LogP contribution in [0.5, 0.6) is 0 Å². The lowest BCUT2D eigenvalue weighted by molar-refractivity contribution is 0.281. The Bertz CT molecular complexity index is 708. The van der Waals surface area contributed by atoms with Crippen molar-refractivity contribution in [2.75, 3.05) is 0 Å². The van der Waals surface area contributed by atoms with Crippen molar-refractivity contribution < 1.29 is 9.50 Å². The predicted molar refractivity (Wildman–Crippen MR) is 64.7 cm³/mol. The maximum absolute atomic E-state index is 13.9. The Morgan fingerprint density at radius 2 is 2.00 bits per heavy atom. The molecule has 1 aromatic heterocycles. The van der Waals surface area contributed by atoms with Gasteiger partial charge in [0.15, 0.2) is 0 Å². The molecule has 90 valence electrons. The van der Waals surface area contributed by atoms with Gasteiger partial charge in [-0.2, -0.15) is 0 Å². The number of rotatable bonds is 2. The number of aromatic nitrogens is 3. The van der Waals surface area contributed by atoms with E-state index >= 15 is 0 Å². The first-order valence-electron chi connectivity index (χ1n) is 5.49. The Balaban J connectivity index is 2.20. The minimum Gasteiger partial charge on any atom is -0.392 e. The Kier molecular flexibility index (Phi) is 2.53. The van der Waals surface area contributed by atoms with Gasteiger partial charge in [0.25, 0.3) is 0 Å². The van der Waals surface area contributed by atoms with E-state index in [0.29, 0.717) is 16.8 Å². The van der Waals surface area contributed by atoms with Gasteiger partial charge in [-0.15, -0.1) is 5.10 Å². The second-order valence-corrected chi connectivity index (χ2v) is 3.93. The van der Waals surface area contributed by atoms with Gasteiger partial charge in [0.05, 0.1) is 12.1 Å². The summed E-state index contributed by atoms with van der Waals surface area (Å²) in [6, 6.07) is 11.9. The van der Waals surface area contributed by atoms with Crippen LogP contribution >= 0.6 is 0 Å². The molecule has 18 heavy (non-hydrogen) atoms. The lowest BCUT2D eigenvalue weighted by atomic mass is 10.2. The van der Waals surface area contributed by atoms with E-state index in [1.54, 1.807) is 12.1 Å². The Morgan fingerprint density at radius 3 is 2.78 bits per heavy atom. The van der Waals surface area contributed by atoms with Crippen LogP contribution in [0.15, 0.2) is 42.5 Å². The number of para-hydroxylation sites is 1. The second-order valence-electron chi connectivity index (χ2n) is 3.93. The van der Waals surface area contributed by atoms with Crippen molar-refractivity contribution in [3.05, 3.63) is 53.8 Å². The third-order valence-electron chi connectivity index (χ3n) is 2.77. The van der Waals surface area contributed by atoms with Crippen LogP contribution in [0.25, 0.3) is 16.7 Å². The maximum Gasteiger partial charge on any atom is 0.149 e. The van der Waals surface area contributed by atoms with Gasteiger partial charge in [0, 0.05) is 0 Å². The van der Waals surface area contributed by atoms with Gasteiger partial charge in [-0.25, -0.2) is 9.07 Å². The molecule has 0 saturated carbocycles. The standard InChI is InChI=1S/C13H10FN3O/c14-10-7-9(8-18)5-6-12(10)17-13-4-2-1-3-11(13)15-16-17/h1-7,18H,8H2. The smallest absolute Gasteiger partial charge is 0.149 e.